The first-order valence-corrected chi connectivity index (χ1v) is 41.2. The molecule has 0 saturated heterocycles. The number of hydrogen-bond donors (Lipinski definition) is 0. The molecule has 0 atom stereocenters. The monoisotopic (exact) mass is 1560 g/mol. The van der Waals surface area contributed by atoms with E-state index in [2.05, 4.69) is 392 Å². The zero-order valence-electron chi connectivity index (χ0n) is 70.2. The summed E-state index contributed by atoms with van der Waals surface area (Å²) in [6.07, 6.45) is 9.56. The summed E-state index contributed by atoms with van der Waals surface area (Å²) >= 11 is 0. The molecule has 15 heterocycles. The lowest BCUT2D eigenvalue weighted by Gasteiger charge is -2.07. The van der Waals surface area contributed by atoms with Gasteiger partial charge in [0, 0.05) is 63.5 Å². The molecule has 15 aromatic heterocycles. The number of rotatable bonds is 0. The summed E-state index contributed by atoms with van der Waals surface area (Å²) in [4.78, 5) is 23.7. The van der Waals surface area contributed by atoms with Crippen LogP contribution in [0.25, 0.3) is 192 Å². The van der Waals surface area contributed by atoms with Crippen molar-refractivity contribution in [2.24, 2.45) is 35.2 Å². The van der Waals surface area contributed by atoms with Gasteiger partial charge >= 0.3 is 0 Å². The van der Waals surface area contributed by atoms with Crippen LogP contribution in [0.5, 0.6) is 0 Å². The minimum Gasteiger partial charge on any atom is -0.255 e. The minimum absolute atomic E-state index is 1.08. The van der Waals surface area contributed by atoms with E-state index in [4.69, 9.17) is 24.9 Å². The Labute approximate surface area is 691 Å². The molecule has 0 aliphatic carbocycles. The SMILES string of the molecule is Cc1ccc2c(c1)c1nccc(C)c1c1n2c2ccccc2[n+]1C.Cc1ccc2c(c1)n1c3ccccc3c3nccc(C)c3c1[n+]2C.Cc1ccc2c3nccc(C)c3c3n(c2c1)c1ccccc1[n+]3C.Cc1ccnc2c3cccc(C)c3n3c4ccccc4[n+](C)c3c12.Cc1ccnc2c3ccccc3n3c4c(C)cccc4[n+](C)c3c12. The van der Waals surface area contributed by atoms with Crippen LogP contribution in [0.3, 0.4) is 0 Å². The summed E-state index contributed by atoms with van der Waals surface area (Å²) in [5.41, 5.74) is 42.5. The van der Waals surface area contributed by atoms with Gasteiger partial charge in [0.05, 0.1) is 89.8 Å². The fraction of sp³-hybridized carbons (Fsp3) is 0.143. The highest BCUT2D eigenvalue weighted by Crippen LogP contribution is 2.40. The lowest BCUT2D eigenvalue weighted by Crippen LogP contribution is -2.27. The molecule has 0 amide bonds. The van der Waals surface area contributed by atoms with Crippen molar-refractivity contribution in [3.05, 3.63) is 329 Å². The van der Waals surface area contributed by atoms with Gasteiger partial charge in [0.25, 0.3) is 28.2 Å². The lowest BCUT2D eigenvalue weighted by molar-refractivity contribution is -0.617. The zero-order chi connectivity index (χ0) is 82.1. The smallest absolute Gasteiger partial charge is 0.255 e. The molecule has 0 aliphatic heterocycles. The van der Waals surface area contributed by atoms with Crippen LogP contribution in [0.1, 0.15) is 55.6 Å². The first kappa shape index (κ1) is 73.0. The van der Waals surface area contributed by atoms with Gasteiger partial charge in [0.2, 0.25) is 0 Å². The molecule has 0 saturated carbocycles. The summed E-state index contributed by atoms with van der Waals surface area (Å²) in [5, 5.41) is 12.2. The molecule has 120 heavy (non-hydrogen) atoms. The van der Waals surface area contributed by atoms with Crippen LogP contribution in [0.15, 0.2) is 274 Å². The van der Waals surface area contributed by atoms with Crippen molar-refractivity contribution in [1.29, 1.82) is 0 Å². The van der Waals surface area contributed by atoms with Gasteiger partial charge in [-0.1, -0.05) is 109 Å². The van der Waals surface area contributed by atoms with Gasteiger partial charge < -0.3 is 0 Å². The second-order valence-electron chi connectivity index (χ2n) is 32.8. The van der Waals surface area contributed by atoms with E-state index in [1.165, 1.54) is 220 Å². The number of benzene rings is 10. The average molecular weight is 1560 g/mol. The first-order chi connectivity index (χ1) is 58.4. The van der Waals surface area contributed by atoms with Crippen molar-refractivity contribution >= 4 is 192 Å². The molecular formula is C105H90N15+5. The Hall–Kier alpha value is -14.7. The highest BCUT2D eigenvalue weighted by atomic mass is 15.2. The van der Waals surface area contributed by atoms with E-state index >= 15 is 0 Å². The molecule has 0 bridgehead atoms. The Bertz CT molecular complexity index is 8660. The molecule has 10 aromatic carbocycles. The molecule has 0 unspecified atom stereocenters. The highest BCUT2D eigenvalue weighted by molar-refractivity contribution is 6.17. The van der Waals surface area contributed by atoms with Crippen LogP contribution < -0.4 is 22.8 Å². The van der Waals surface area contributed by atoms with Crippen LogP contribution in [0.4, 0.5) is 0 Å². The minimum atomic E-state index is 1.08. The Balaban J connectivity index is 0.0000000928. The van der Waals surface area contributed by atoms with Crippen molar-refractivity contribution < 1.29 is 22.8 Å². The summed E-state index contributed by atoms with van der Waals surface area (Å²) in [5.74, 6) is 0. The van der Waals surface area contributed by atoms with Crippen molar-refractivity contribution in [2.45, 2.75) is 69.2 Å². The lowest BCUT2D eigenvalue weighted by atomic mass is 10.0. The van der Waals surface area contributed by atoms with Gasteiger partial charge in [-0.3, -0.25) is 24.9 Å². The van der Waals surface area contributed by atoms with Crippen molar-refractivity contribution in [3.63, 3.8) is 0 Å². The predicted octanol–water partition coefficient (Wildman–Crippen LogP) is 21.2. The van der Waals surface area contributed by atoms with E-state index in [0.29, 0.717) is 0 Å². The van der Waals surface area contributed by atoms with Gasteiger partial charge in [-0.15, -0.1) is 0 Å². The largest absolute Gasteiger partial charge is 0.297 e. The Morgan fingerprint density at radius 1 is 0.200 bits per heavy atom. The van der Waals surface area contributed by atoms with Gasteiger partial charge in [-0.2, -0.15) is 22.0 Å². The van der Waals surface area contributed by atoms with Crippen molar-refractivity contribution in [3.8, 4) is 0 Å². The maximum absolute atomic E-state index is 4.75. The third-order valence-corrected chi connectivity index (χ3v) is 25.4. The molecule has 0 radical (unpaired) electrons. The number of fused-ring (bicyclic) bond motifs is 40. The van der Waals surface area contributed by atoms with Crippen molar-refractivity contribution in [1.82, 2.24) is 46.9 Å². The maximum Gasteiger partial charge on any atom is 0.297 e. The summed E-state index contributed by atoms with van der Waals surface area (Å²) in [6, 6.07) is 86.3. The first-order valence-electron chi connectivity index (χ1n) is 41.2. The molecule has 580 valence electrons. The van der Waals surface area contributed by atoms with Crippen LogP contribution >= 0.6 is 0 Å². The number of aryl methyl sites for hydroxylation is 15. The summed E-state index contributed by atoms with van der Waals surface area (Å²) in [6.45, 7) is 21.6. The molecule has 15 nitrogen and oxygen atoms in total. The van der Waals surface area contributed by atoms with Crippen molar-refractivity contribution in [2.75, 3.05) is 0 Å². The normalized spacial score (nSPS) is 12.0. The second-order valence-corrected chi connectivity index (χ2v) is 32.8. The molecule has 25 aromatic rings. The number of pyridine rings is 10. The number of hydrogen-bond acceptors (Lipinski definition) is 5. The number of para-hydroxylation sites is 10. The topological polar surface area (TPSA) is 106 Å². The molecule has 0 spiro atoms. The number of aromatic nitrogens is 15. The van der Waals surface area contributed by atoms with E-state index < -0.39 is 0 Å². The Kier molecular flexibility index (Phi) is 16.9. The Morgan fingerprint density at radius 2 is 0.492 bits per heavy atom. The van der Waals surface area contributed by atoms with E-state index in [1.54, 1.807) is 0 Å². The number of imidazole rings is 5. The summed E-state index contributed by atoms with van der Waals surface area (Å²) in [7, 11) is 10.7. The number of nitrogens with zero attached hydrogens (tertiary/aromatic N) is 15. The van der Waals surface area contributed by atoms with E-state index in [9.17, 15) is 0 Å². The van der Waals surface area contributed by atoms with Crippen LogP contribution in [-0.4, -0.2) is 46.9 Å². The quantitative estimate of drug-likeness (QED) is 0.111. The Morgan fingerprint density at radius 3 is 0.975 bits per heavy atom. The maximum atomic E-state index is 4.75. The van der Waals surface area contributed by atoms with Gasteiger partial charge in [0.15, 0.2) is 55.2 Å². The fourth-order valence-corrected chi connectivity index (χ4v) is 19.8. The highest BCUT2D eigenvalue weighted by Gasteiger charge is 2.32. The van der Waals surface area contributed by atoms with Gasteiger partial charge in [-0.25, -0.2) is 22.8 Å². The fourth-order valence-electron chi connectivity index (χ4n) is 19.8. The zero-order valence-corrected chi connectivity index (χ0v) is 70.2. The summed E-state index contributed by atoms with van der Waals surface area (Å²) < 4.78 is 23.4. The van der Waals surface area contributed by atoms with Crippen LogP contribution in [-0.2, 0) is 35.2 Å². The standard InChI is InChI=1S/5C21H18N3/c1-13-11-12-22-19-15-8-6-7-14(2)20(15)24-17-10-5-4-9-16(17)23(3)21(24)18(13)19;1-13-11-12-22-19-15-8-4-5-9-16(15)24-20-14(2)7-6-10-17(20)23(3)21(24)18(13)19;1-13-8-9-16-15(12-13)20-19(14(2)10-11-22-20)21-23(3)17-6-4-5-7-18(17)24(16)21;1-13-8-9-15-18(12-13)24-17-7-5-4-6-16(17)23(3)21(24)19-14(2)10-11-22-20(15)19;1-13-8-9-17-18(12-13)24-16-7-5-4-6-15(16)20-19(21(24)23(17)3)14(2)10-11-22-20/h5*4-12H,1-3H3/q5*+1. The second kappa shape index (κ2) is 27.7. The van der Waals surface area contributed by atoms with E-state index in [-0.39, 0.29) is 0 Å². The third-order valence-electron chi connectivity index (χ3n) is 25.4. The van der Waals surface area contributed by atoms with Gasteiger partial charge in [-0.05, 0) is 253 Å². The van der Waals surface area contributed by atoms with Crippen LogP contribution in [0, 0.1) is 69.2 Å². The molecule has 15 heteroatoms. The molecular weight excluding hydrogens is 1470 g/mol. The van der Waals surface area contributed by atoms with Crippen LogP contribution in [0.2, 0.25) is 0 Å². The van der Waals surface area contributed by atoms with E-state index in [1.807, 2.05) is 31.0 Å². The molecule has 0 fully saturated rings. The molecule has 25 rings (SSSR count). The van der Waals surface area contributed by atoms with Gasteiger partial charge in [0.1, 0.15) is 27.6 Å². The average Bonchev–Trinajstić information content (AvgIpc) is 1.56. The third kappa shape index (κ3) is 10.7. The van der Waals surface area contributed by atoms with E-state index in [0.717, 1.165) is 27.6 Å². The predicted molar refractivity (Wildman–Crippen MR) is 492 cm³/mol. The molecule has 0 N–H and O–H groups in total. The molecule has 0 aliphatic rings.